The van der Waals surface area contributed by atoms with Gasteiger partial charge >= 0.3 is 17.9 Å². The van der Waals surface area contributed by atoms with Gasteiger partial charge in [0.2, 0.25) is 0 Å². The first-order valence-electron chi connectivity index (χ1n) is 6.37. The molecule has 7 heteroatoms. The molecule has 0 unspecified atom stereocenters. The van der Waals surface area contributed by atoms with Crippen LogP contribution in [0.5, 0.6) is 0 Å². The molecular formula is C13H21NO6. The lowest BCUT2D eigenvalue weighted by atomic mass is 9.72. The van der Waals surface area contributed by atoms with Crippen molar-refractivity contribution in [3.05, 3.63) is 12.2 Å². The van der Waals surface area contributed by atoms with Gasteiger partial charge in [-0.25, -0.2) is 9.59 Å². The highest BCUT2D eigenvalue weighted by atomic mass is 16.4. The molecule has 0 saturated heterocycles. The van der Waals surface area contributed by atoms with Gasteiger partial charge in [-0.05, 0) is 24.8 Å². The third-order valence-electron chi connectivity index (χ3n) is 3.24. The Morgan fingerprint density at radius 2 is 1.40 bits per heavy atom. The van der Waals surface area contributed by atoms with Crippen molar-refractivity contribution in [2.45, 2.75) is 38.5 Å². The molecule has 1 aliphatic carbocycles. The zero-order chi connectivity index (χ0) is 15.6. The minimum atomic E-state index is -1.26. The van der Waals surface area contributed by atoms with Crippen molar-refractivity contribution >= 4 is 17.9 Å². The lowest BCUT2D eigenvalue weighted by Crippen LogP contribution is -2.34. The van der Waals surface area contributed by atoms with Gasteiger partial charge in [0.05, 0.1) is 6.42 Å². The van der Waals surface area contributed by atoms with Crippen molar-refractivity contribution in [3.8, 4) is 0 Å². The topological polar surface area (TPSA) is 138 Å². The average Bonchev–Trinajstić information content (AvgIpc) is 2.37. The van der Waals surface area contributed by atoms with Crippen LogP contribution in [0.15, 0.2) is 12.2 Å². The Labute approximate surface area is 117 Å². The molecular weight excluding hydrogens is 266 g/mol. The molecule has 1 aliphatic rings. The summed E-state index contributed by atoms with van der Waals surface area (Å²) in [5.74, 6) is -3.22. The van der Waals surface area contributed by atoms with Gasteiger partial charge in [0.25, 0.3) is 0 Å². The van der Waals surface area contributed by atoms with Crippen molar-refractivity contribution < 1.29 is 29.7 Å². The number of aliphatic carboxylic acids is 3. The van der Waals surface area contributed by atoms with E-state index >= 15 is 0 Å². The molecule has 114 valence electrons. The molecule has 0 aromatic rings. The smallest absolute Gasteiger partial charge is 0.328 e. The van der Waals surface area contributed by atoms with E-state index < -0.39 is 17.9 Å². The van der Waals surface area contributed by atoms with Crippen LogP contribution in [0.25, 0.3) is 0 Å². The SMILES string of the molecule is NCC1(CC(=O)O)CCCCC1.O=C(O)/C=C\C(=O)O. The van der Waals surface area contributed by atoms with Crippen LogP contribution in [0.1, 0.15) is 38.5 Å². The van der Waals surface area contributed by atoms with Crippen LogP contribution in [0.2, 0.25) is 0 Å². The molecule has 20 heavy (non-hydrogen) atoms. The molecule has 1 rings (SSSR count). The standard InChI is InChI=1S/C9H17NO2.C4H4O4/c10-7-9(6-8(11)12)4-2-1-3-5-9;5-3(6)1-2-4(7)8/h1-7,10H2,(H,11,12);1-2H,(H,5,6)(H,7,8)/b;2-1-. The number of carboxylic acid groups (broad SMARTS) is 3. The van der Waals surface area contributed by atoms with E-state index in [1.165, 1.54) is 6.42 Å². The third-order valence-corrected chi connectivity index (χ3v) is 3.24. The third kappa shape index (κ3) is 8.25. The van der Waals surface area contributed by atoms with Crippen molar-refractivity contribution in [2.75, 3.05) is 6.54 Å². The first-order valence-corrected chi connectivity index (χ1v) is 6.37. The Morgan fingerprint density at radius 1 is 0.950 bits per heavy atom. The number of rotatable bonds is 5. The van der Waals surface area contributed by atoms with Crippen LogP contribution in [0.3, 0.4) is 0 Å². The van der Waals surface area contributed by atoms with Crippen molar-refractivity contribution in [1.82, 2.24) is 0 Å². The maximum atomic E-state index is 10.6. The van der Waals surface area contributed by atoms with E-state index in [0.717, 1.165) is 25.7 Å². The van der Waals surface area contributed by atoms with Crippen molar-refractivity contribution in [3.63, 3.8) is 0 Å². The van der Waals surface area contributed by atoms with E-state index in [2.05, 4.69) is 0 Å². The van der Waals surface area contributed by atoms with E-state index in [1.54, 1.807) is 0 Å². The summed E-state index contributed by atoms with van der Waals surface area (Å²) in [6.45, 7) is 0.527. The number of carboxylic acids is 3. The van der Waals surface area contributed by atoms with E-state index in [-0.39, 0.29) is 11.8 Å². The predicted molar refractivity (Wildman–Crippen MR) is 71.2 cm³/mol. The molecule has 0 amide bonds. The van der Waals surface area contributed by atoms with Gasteiger partial charge in [0.1, 0.15) is 0 Å². The molecule has 7 nitrogen and oxygen atoms in total. The Hall–Kier alpha value is -1.89. The number of nitrogens with two attached hydrogens (primary N) is 1. The summed E-state index contributed by atoms with van der Waals surface area (Å²) >= 11 is 0. The average molecular weight is 287 g/mol. The number of hydrogen-bond donors (Lipinski definition) is 4. The van der Waals surface area contributed by atoms with Crippen LogP contribution in [0, 0.1) is 5.41 Å². The molecule has 0 heterocycles. The second kappa shape index (κ2) is 9.08. The van der Waals surface area contributed by atoms with Crippen molar-refractivity contribution in [1.29, 1.82) is 0 Å². The highest BCUT2D eigenvalue weighted by molar-refractivity contribution is 5.89. The van der Waals surface area contributed by atoms with Gasteiger partial charge in [0, 0.05) is 12.2 Å². The normalized spacial score (nSPS) is 17.1. The fourth-order valence-corrected chi connectivity index (χ4v) is 2.22. The Bertz CT molecular complexity index is 355. The molecule has 5 N–H and O–H groups in total. The second-order valence-corrected chi connectivity index (χ2v) is 4.85. The maximum Gasteiger partial charge on any atom is 0.328 e. The molecule has 0 aromatic heterocycles. The summed E-state index contributed by atoms with van der Waals surface area (Å²) in [6, 6.07) is 0. The van der Waals surface area contributed by atoms with Crippen LogP contribution < -0.4 is 5.73 Å². The molecule has 0 spiro atoms. The van der Waals surface area contributed by atoms with Gasteiger partial charge in [-0.1, -0.05) is 19.3 Å². The van der Waals surface area contributed by atoms with Crippen LogP contribution in [-0.2, 0) is 14.4 Å². The second-order valence-electron chi connectivity index (χ2n) is 4.85. The van der Waals surface area contributed by atoms with Crippen LogP contribution >= 0.6 is 0 Å². The molecule has 0 bridgehead atoms. The van der Waals surface area contributed by atoms with Gasteiger partial charge in [-0.15, -0.1) is 0 Å². The predicted octanol–water partition coefficient (Wildman–Crippen LogP) is 1.08. The largest absolute Gasteiger partial charge is 0.481 e. The molecule has 1 fully saturated rings. The minimum Gasteiger partial charge on any atom is -0.481 e. The molecule has 0 radical (unpaired) electrons. The van der Waals surface area contributed by atoms with Gasteiger partial charge < -0.3 is 21.1 Å². The van der Waals surface area contributed by atoms with Crippen molar-refractivity contribution in [2.24, 2.45) is 11.1 Å². The van der Waals surface area contributed by atoms with Crippen LogP contribution in [-0.4, -0.2) is 39.8 Å². The van der Waals surface area contributed by atoms with Gasteiger partial charge in [0.15, 0.2) is 0 Å². The number of hydrogen-bond acceptors (Lipinski definition) is 4. The maximum absolute atomic E-state index is 10.6. The Morgan fingerprint density at radius 3 is 1.70 bits per heavy atom. The summed E-state index contributed by atoms with van der Waals surface area (Å²) in [5.41, 5.74) is 5.54. The number of carbonyl (C=O) groups is 3. The summed E-state index contributed by atoms with van der Waals surface area (Å²) in [5, 5.41) is 24.3. The first kappa shape index (κ1) is 18.1. The summed E-state index contributed by atoms with van der Waals surface area (Å²) in [6.07, 6.45) is 6.89. The lowest BCUT2D eigenvalue weighted by Gasteiger charge is -2.34. The lowest BCUT2D eigenvalue weighted by molar-refractivity contribution is -0.140. The monoisotopic (exact) mass is 287 g/mol. The molecule has 0 aromatic carbocycles. The summed E-state index contributed by atoms with van der Waals surface area (Å²) < 4.78 is 0. The van der Waals surface area contributed by atoms with E-state index in [0.29, 0.717) is 18.7 Å². The highest BCUT2D eigenvalue weighted by Crippen LogP contribution is 2.38. The molecule has 0 atom stereocenters. The van der Waals surface area contributed by atoms with E-state index in [9.17, 15) is 14.4 Å². The van der Waals surface area contributed by atoms with E-state index in [1.807, 2.05) is 0 Å². The van der Waals surface area contributed by atoms with Gasteiger partial charge in [-0.3, -0.25) is 4.79 Å². The minimum absolute atomic E-state index is 0.0793. The van der Waals surface area contributed by atoms with E-state index in [4.69, 9.17) is 21.1 Å². The van der Waals surface area contributed by atoms with Gasteiger partial charge in [-0.2, -0.15) is 0 Å². The zero-order valence-electron chi connectivity index (χ0n) is 11.2. The first-order chi connectivity index (χ1) is 9.31. The molecule has 0 aliphatic heterocycles. The highest BCUT2D eigenvalue weighted by Gasteiger charge is 2.32. The fourth-order valence-electron chi connectivity index (χ4n) is 2.22. The quantitative estimate of drug-likeness (QED) is 0.555. The fraction of sp³-hybridized carbons (Fsp3) is 0.615. The zero-order valence-corrected chi connectivity index (χ0v) is 11.2. The molecule has 1 saturated carbocycles. The Balaban J connectivity index is 0.000000396. The summed E-state index contributed by atoms with van der Waals surface area (Å²) in [4.78, 5) is 29.7. The summed E-state index contributed by atoms with van der Waals surface area (Å²) in [7, 11) is 0. The van der Waals surface area contributed by atoms with Crippen LogP contribution in [0.4, 0.5) is 0 Å². The Kier molecular flexibility index (Phi) is 8.23.